The lowest BCUT2D eigenvalue weighted by molar-refractivity contribution is -0.0744. The SMILES string of the molecule is CCCCC(O)C(C)(CC)N1CCOCC1. The van der Waals surface area contributed by atoms with Gasteiger partial charge in [-0.2, -0.15) is 0 Å². The number of nitrogens with zero attached hydrogens (tertiary/aromatic N) is 1. The van der Waals surface area contributed by atoms with Crippen LogP contribution in [-0.2, 0) is 4.74 Å². The summed E-state index contributed by atoms with van der Waals surface area (Å²) in [5.41, 5.74) is -0.0705. The van der Waals surface area contributed by atoms with Gasteiger partial charge < -0.3 is 9.84 Å². The molecule has 1 saturated heterocycles. The van der Waals surface area contributed by atoms with Gasteiger partial charge in [-0.15, -0.1) is 0 Å². The number of morpholine rings is 1. The molecule has 3 nitrogen and oxygen atoms in total. The molecule has 2 unspecified atom stereocenters. The second-order valence-electron chi connectivity index (χ2n) is 4.97. The minimum Gasteiger partial charge on any atom is -0.391 e. The summed E-state index contributed by atoms with van der Waals surface area (Å²) < 4.78 is 5.38. The molecular formula is C13H27NO2. The Morgan fingerprint density at radius 3 is 2.44 bits per heavy atom. The number of rotatable bonds is 6. The van der Waals surface area contributed by atoms with Gasteiger partial charge in [-0.3, -0.25) is 4.90 Å². The van der Waals surface area contributed by atoms with Crippen LogP contribution in [0.15, 0.2) is 0 Å². The fraction of sp³-hybridized carbons (Fsp3) is 1.00. The third-order valence-electron chi connectivity index (χ3n) is 4.00. The van der Waals surface area contributed by atoms with Crippen LogP contribution in [0.3, 0.4) is 0 Å². The molecule has 16 heavy (non-hydrogen) atoms. The van der Waals surface area contributed by atoms with E-state index in [0.29, 0.717) is 0 Å². The molecule has 96 valence electrons. The number of aliphatic hydroxyl groups excluding tert-OH is 1. The van der Waals surface area contributed by atoms with E-state index >= 15 is 0 Å². The molecule has 1 aliphatic heterocycles. The van der Waals surface area contributed by atoms with Crippen LogP contribution >= 0.6 is 0 Å². The first kappa shape index (κ1) is 13.9. The van der Waals surface area contributed by atoms with Crippen molar-refractivity contribution >= 4 is 0 Å². The van der Waals surface area contributed by atoms with E-state index in [1.807, 2.05) is 0 Å². The van der Waals surface area contributed by atoms with Crippen molar-refractivity contribution in [3.63, 3.8) is 0 Å². The Kier molecular flexibility index (Phi) is 5.73. The van der Waals surface area contributed by atoms with Gasteiger partial charge in [0.25, 0.3) is 0 Å². The van der Waals surface area contributed by atoms with Gasteiger partial charge in [0.1, 0.15) is 0 Å². The van der Waals surface area contributed by atoms with Crippen molar-refractivity contribution in [1.29, 1.82) is 0 Å². The minimum atomic E-state index is -0.212. The third-order valence-corrected chi connectivity index (χ3v) is 4.00. The lowest BCUT2D eigenvalue weighted by Crippen LogP contribution is -2.57. The molecule has 1 heterocycles. The van der Waals surface area contributed by atoms with Gasteiger partial charge >= 0.3 is 0 Å². The van der Waals surface area contributed by atoms with Crippen molar-refractivity contribution in [3.8, 4) is 0 Å². The van der Waals surface area contributed by atoms with Crippen molar-refractivity contribution in [2.45, 2.75) is 58.1 Å². The van der Waals surface area contributed by atoms with Crippen molar-refractivity contribution in [1.82, 2.24) is 4.90 Å². The molecule has 0 aromatic carbocycles. The number of aliphatic hydroxyl groups is 1. The van der Waals surface area contributed by atoms with E-state index in [2.05, 4.69) is 25.7 Å². The van der Waals surface area contributed by atoms with E-state index in [0.717, 1.165) is 52.0 Å². The number of hydrogen-bond acceptors (Lipinski definition) is 3. The van der Waals surface area contributed by atoms with Gasteiger partial charge in [-0.1, -0.05) is 26.7 Å². The van der Waals surface area contributed by atoms with Gasteiger partial charge in [0.15, 0.2) is 0 Å². The van der Waals surface area contributed by atoms with Crippen LogP contribution in [-0.4, -0.2) is 48.0 Å². The van der Waals surface area contributed by atoms with E-state index in [4.69, 9.17) is 4.74 Å². The molecule has 0 aliphatic carbocycles. The zero-order chi connectivity index (χ0) is 12.0. The largest absolute Gasteiger partial charge is 0.391 e. The van der Waals surface area contributed by atoms with Crippen molar-refractivity contribution in [3.05, 3.63) is 0 Å². The maximum absolute atomic E-state index is 10.4. The number of ether oxygens (including phenoxy) is 1. The van der Waals surface area contributed by atoms with E-state index in [1.54, 1.807) is 0 Å². The average molecular weight is 229 g/mol. The number of hydrogen-bond donors (Lipinski definition) is 1. The maximum Gasteiger partial charge on any atom is 0.0721 e. The van der Waals surface area contributed by atoms with E-state index < -0.39 is 0 Å². The highest BCUT2D eigenvalue weighted by Crippen LogP contribution is 2.27. The molecule has 0 spiro atoms. The van der Waals surface area contributed by atoms with Crippen LogP contribution in [0.2, 0.25) is 0 Å². The minimum absolute atomic E-state index is 0.0705. The van der Waals surface area contributed by atoms with Crippen LogP contribution in [0.4, 0.5) is 0 Å². The second kappa shape index (κ2) is 6.58. The fourth-order valence-electron chi connectivity index (χ4n) is 2.45. The van der Waals surface area contributed by atoms with Crippen LogP contribution in [0.25, 0.3) is 0 Å². The maximum atomic E-state index is 10.4. The van der Waals surface area contributed by atoms with Gasteiger partial charge in [0, 0.05) is 18.6 Å². The summed E-state index contributed by atoms with van der Waals surface area (Å²) in [4.78, 5) is 2.40. The summed E-state index contributed by atoms with van der Waals surface area (Å²) in [6.07, 6.45) is 3.97. The van der Waals surface area contributed by atoms with Gasteiger partial charge in [-0.25, -0.2) is 0 Å². The summed E-state index contributed by atoms with van der Waals surface area (Å²) in [5, 5.41) is 10.4. The van der Waals surface area contributed by atoms with Crippen LogP contribution in [0.1, 0.15) is 46.5 Å². The quantitative estimate of drug-likeness (QED) is 0.756. The first-order valence-corrected chi connectivity index (χ1v) is 6.66. The molecule has 0 aromatic heterocycles. The summed E-state index contributed by atoms with van der Waals surface area (Å²) in [6.45, 7) is 10.0. The van der Waals surface area contributed by atoms with Crippen LogP contribution < -0.4 is 0 Å². The molecule has 0 saturated carbocycles. The Bertz CT molecular complexity index is 192. The standard InChI is InChI=1S/C13H27NO2/c1-4-6-7-12(15)13(3,5-2)14-8-10-16-11-9-14/h12,15H,4-11H2,1-3H3. The van der Waals surface area contributed by atoms with E-state index in [1.165, 1.54) is 0 Å². The predicted molar refractivity (Wildman–Crippen MR) is 66.6 cm³/mol. The lowest BCUT2D eigenvalue weighted by Gasteiger charge is -2.46. The monoisotopic (exact) mass is 229 g/mol. The second-order valence-corrected chi connectivity index (χ2v) is 4.97. The van der Waals surface area contributed by atoms with E-state index in [9.17, 15) is 5.11 Å². The Balaban J connectivity index is 2.58. The Morgan fingerprint density at radius 2 is 1.94 bits per heavy atom. The fourth-order valence-corrected chi connectivity index (χ4v) is 2.45. The lowest BCUT2D eigenvalue weighted by atomic mass is 9.86. The van der Waals surface area contributed by atoms with Gasteiger partial charge in [0.05, 0.1) is 19.3 Å². The zero-order valence-electron chi connectivity index (χ0n) is 11.0. The topological polar surface area (TPSA) is 32.7 Å². The summed E-state index contributed by atoms with van der Waals surface area (Å²) in [7, 11) is 0. The predicted octanol–water partition coefficient (Wildman–Crippen LogP) is 2.04. The van der Waals surface area contributed by atoms with E-state index in [-0.39, 0.29) is 11.6 Å². The highest BCUT2D eigenvalue weighted by Gasteiger charge is 2.37. The molecule has 0 aromatic rings. The average Bonchev–Trinajstić information content (AvgIpc) is 2.35. The summed E-state index contributed by atoms with van der Waals surface area (Å²) in [6, 6.07) is 0. The first-order chi connectivity index (χ1) is 7.65. The molecule has 3 heteroatoms. The molecule has 0 bridgehead atoms. The Hall–Kier alpha value is -0.120. The highest BCUT2D eigenvalue weighted by molar-refractivity contribution is 4.92. The zero-order valence-corrected chi connectivity index (χ0v) is 11.0. The highest BCUT2D eigenvalue weighted by atomic mass is 16.5. The van der Waals surface area contributed by atoms with Crippen molar-refractivity contribution in [2.24, 2.45) is 0 Å². The molecule has 0 amide bonds. The molecular weight excluding hydrogens is 202 g/mol. The summed E-state index contributed by atoms with van der Waals surface area (Å²) >= 11 is 0. The Labute approximate surface area is 99.8 Å². The summed E-state index contributed by atoms with van der Waals surface area (Å²) in [5.74, 6) is 0. The number of unbranched alkanes of at least 4 members (excludes halogenated alkanes) is 1. The van der Waals surface area contributed by atoms with Gasteiger partial charge in [-0.05, 0) is 19.8 Å². The van der Waals surface area contributed by atoms with Gasteiger partial charge in [0.2, 0.25) is 0 Å². The van der Waals surface area contributed by atoms with Crippen LogP contribution in [0.5, 0.6) is 0 Å². The molecule has 1 N–H and O–H groups in total. The Morgan fingerprint density at radius 1 is 1.31 bits per heavy atom. The third kappa shape index (κ3) is 3.19. The molecule has 1 aliphatic rings. The normalized spacial score (nSPS) is 24.0. The molecule has 0 radical (unpaired) electrons. The first-order valence-electron chi connectivity index (χ1n) is 6.66. The van der Waals surface area contributed by atoms with Crippen molar-refractivity contribution in [2.75, 3.05) is 26.3 Å². The molecule has 1 fully saturated rings. The van der Waals surface area contributed by atoms with Crippen LogP contribution in [0, 0.1) is 0 Å². The smallest absolute Gasteiger partial charge is 0.0721 e. The molecule has 2 atom stereocenters. The molecule has 1 rings (SSSR count). The van der Waals surface area contributed by atoms with Crippen molar-refractivity contribution < 1.29 is 9.84 Å².